The first kappa shape index (κ1) is 12.8. The molecule has 0 heterocycles. The molecule has 1 aromatic rings. The first-order valence-electron chi connectivity index (χ1n) is 5.17. The average molecular weight is 243 g/mol. The number of esters is 1. The average Bonchev–Trinajstić information content (AvgIpc) is 2.31. The van der Waals surface area contributed by atoms with Gasteiger partial charge in [-0.1, -0.05) is 11.6 Å². The Morgan fingerprint density at radius 3 is 2.56 bits per heavy atom. The number of carbonyl (C=O) groups is 1. The minimum atomic E-state index is -0.175. The third-order valence-electron chi connectivity index (χ3n) is 2.09. The Labute approximate surface area is 100 Å². The van der Waals surface area contributed by atoms with E-state index >= 15 is 0 Å². The van der Waals surface area contributed by atoms with E-state index < -0.39 is 0 Å². The minimum absolute atomic E-state index is 0.175. The molecular formula is C12H15ClO3. The molecule has 0 atom stereocenters. The Morgan fingerprint density at radius 2 is 1.94 bits per heavy atom. The van der Waals surface area contributed by atoms with E-state index in [9.17, 15) is 4.79 Å². The van der Waals surface area contributed by atoms with Gasteiger partial charge in [-0.2, -0.15) is 0 Å². The molecule has 0 unspecified atom stereocenters. The van der Waals surface area contributed by atoms with Crippen LogP contribution in [0.5, 0.6) is 5.75 Å². The van der Waals surface area contributed by atoms with Gasteiger partial charge in [-0.3, -0.25) is 4.79 Å². The summed E-state index contributed by atoms with van der Waals surface area (Å²) < 4.78 is 10.00. The maximum atomic E-state index is 10.8. The Balaban J connectivity index is 2.11. The number of hydrogen-bond donors (Lipinski definition) is 0. The quantitative estimate of drug-likeness (QED) is 0.568. The van der Waals surface area contributed by atoms with Crippen molar-refractivity contribution in [1.29, 1.82) is 0 Å². The van der Waals surface area contributed by atoms with E-state index in [1.807, 2.05) is 12.1 Å². The molecule has 3 nitrogen and oxygen atoms in total. The number of benzene rings is 1. The predicted octanol–water partition coefficient (Wildman–Crippen LogP) is 3.06. The van der Waals surface area contributed by atoms with E-state index in [0.29, 0.717) is 18.1 Å². The highest BCUT2D eigenvalue weighted by atomic mass is 35.5. The third kappa shape index (κ3) is 5.03. The van der Waals surface area contributed by atoms with Crippen LogP contribution in [0.3, 0.4) is 0 Å². The van der Waals surface area contributed by atoms with Gasteiger partial charge in [0.15, 0.2) is 0 Å². The van der Waals surface area contributed by atoms with Crippen molar-refractivity contribution in [1.82, 2.24) is 0 Å². The number of carbonyl (C=O) groups excluding carboxylic acids is 1. The van der Waals surface area contributed by atoms with Crippen LogP contribution in [0.25, 0.3) is 0 Å². The van der Waals surface area contributed by atoms with Gasteiger partial charge < -0.3 is 9.47 Å². The molecule has 0 N–H and O–H groups in total. The van der Waals surface area contributed by atoms with Gasteiger partial charge in [-0.15, -0.1) is 0 Å². The van der Waals surface area contributed by atoms with Gasteiger partial charge in [0.25, 0.3) is 0 Å². The fourth-order valence-electron chi connectivity index (χ4n) is 1.19. The molecule has 0 saturated heterocycles. The van der Waals surface area contributed by atoms with Crippen LogP contribution in [0.2, 0.25) is 5.02 Å². The number of unbranched alkanes of at least 4 members (excludes halogenated alkanes) is 1. The summed E-state index contributed by atoms with van der Waals surface area (Å²) in [4.78, 5) is 10.8. The SMILES string of the molecule is COC(=O)CCCCOc1ccc(Cl)cc1. The molecule has 0 spiro atoms. The summed E-state index contributed by atoms with van der Waals surface area (Å²) in [6, 6.07) is 7.21. The monoisotopic (exact) mass is 242 g/mol. The molecule has 0 amide bonds. The lowest BCUT2D eigenvalue weighted by Gasteiger charge is -2.05. The lowest BCUT2D eigenvalue weighted by molar-refractivity contribution is -0.140. The van der Waals surface area contributed by atoms with Gasteiger partial charge in [0, 0.05) is 11.4 Å². The van der Waals surface area contributed by atoms with Crippen molar-refractivity contribution in [2.24, 2.45) is 0 Å². The molecule has 1 rings (SSSR count). The second-order valence-electron chi connectivity index (χ2n) is 3.34. The van der Waals surface area contributed by atoms with Crippen LogP contribution in [-0.2, 0) is 9.53 Å². The fraction of sp³-hybridized carbons (Fsp3) is 0.417. The first-order valence-corrected chi connectivity index (χ1v) is 5.55. The Hall–Kier alpha value is -1.22. The van der Waals surface area contributed by atoms with Crippen LogP contribution in [0, 0.1) is 0 Å². The van der Waals surface area contributed by atoms with E-state index in [-0.39, 0.29) is 5.97 Å². The lowest BCUT2D eigenvalue weighted by Crippen LogP contribution is -2.02. The Kier molecular flexibility index (Phi) is 5.72. The van der Waals surface area contributed by atoms with Crippen LogP contribution >= 0.6 is 11.6 Å². The molecule has 1 aromatic carbocycles. The fourth-order valence-corrected chi connectivity index (χ4v) is 1.32. The molecule has 0 aliphatic heterocycles. The first-order chi connectivity index (χ1) is 7.72. The van der Waals surface area contributed by atoms with Gasteiger partial charge in [-0.25, -0.2) is 0 Å². The summed E-state index contributed by atoms with van der Waals surface area (Å²) in [6.45, 7) is 0.596. The van der Waals surface area contributed by atoms with Crippen LogP contribution < -0.4 is 4.74 Å². The summed E-state index contributed by atoms with van der Waals surface area (Å²) in [5, 5.41) is 0.693. The zero-order chi connectivity index (χ0) is 11.8. The van der Waals surface area contributed by atoms with Crippen molar-refractivity contribution in [3.63, 3.8) is 0 Å². The predicted molar refractivity (Wildman–Crippen MR) is 62.8 cm³/mol. The van der Waals surface area contributed by atoms with Crippen molar-refractivity contribution in [3.8, 4) is 5.75 Å². The largest absolute Gasteiger partial charge is 0.494 e. The molecule has 0 fully saturated rings. The molecule has 0 aliphatic rings. The van der Waals surface area contributed by atoms with Crippen LogP contribution in [-0.4, -0.2) is 19.7 Å². The van der Waals surface area contributed by atoms with Gasteiger partial charge in [0.1, 0.15) is 5.75 Å². The molecule has 88 valence electrons. The zero-order valence-corrected chi connectivity index (χ0v) is 10.00. The topological polar surface area (TPSA) is 35.5 Å². The van der Waals surface area contributed by atoms with E-state index in [4.69, 9.17) is 16.3 Å². The minimum Gasteiger partial charge on any atom is -0.494 e. The zero-order valence-electron chi connectivity index (χ0n) is 9.24. The van der Waals surface area contributed by atoms with E-state index in [2.05, 4.69) is 4.74 Å². The van der Waals surface area contributed by atoms with Crippen LogP contribution in [0.15, 0.2) is 24.3 Å². The highest BCUT2D eigenvalue weighted by Crippen LogP contribution is 2.15. The van der Waals surface area contributed by atoms with Crippen molar-refractivity contribution in [3.05, 3.63) is 29.3 Å². The van der Waals surface area contributed by atoms with Crippen molar-refractivity contribution in [2.75, 3.05) is 13.7 Å². The number of ether oxygens (including phenoxy) is 2. The summed E-state index contributed by atoms with van der Waals surface area (Å²) in [7, 11) is 1.40. The molecule has 16 heavy (non-hydrogen) atoms. The van der Waals surface area contributed by atoms with E-state index in [1.165, 1.54) is 7.11 Å². The van der Waals surface area contributed by atoms with Gasteiger partial charge in [0.2, 0.25) is 0 Å². The smallest absolute Gasteiger partial charge is 0.305 e. The summed E-state index contributed by atoms with van der Waals surface area (Å²) in [5.41, 5.74) is 0. The maximum Gasteiger partial charge on any atom is 0.305 e. The van der Waals surface area contributed by atoms with E-state index in [0.717, 1.165) is 18.6 Å². The number of hydrogen-bond acceptors (Lipinski definition) is 3. The number of halogens is 1. The molecule has 0 radical (unpaired) electrons. The second-order valence-corrected chi connectivity index (χ2v) is 3.77. The normalized spacial score (nSPS) is 9.88. The van der Waals surface area contributed by atoms with Crippen molar-refractivity contribution in [2.45, 2.75) is 19.3 Å². The van der Waals surface area contributed by atoms with Gasteiger partial charge >= 0.3 is 5.97 Å². The van der Waals surface area contributed by atoms with Gasteiger partial charge in [0.05, 0.1) is 13.7 Å². The summed E-state index contributed by atoms with van der Waals surface area (Å²) in [5.74, 6) is 0.619. The van der Waals surface area contributed by atoms with Crippen molar-refractivity contribution < 1.29 is 14.3 Å². The molecule has 0 aliphatic carbocycles. The lowest BCUT2D eigenvalue weighted by atomic mass is 10.2. The highest BCUT2D eigenvalue weighted by molar-refractivity contribution is 6.30. The van der Waals surface area contributed by atoms with Crippen LogP contribution in [0.1, 0.15) is 19.3 Å². The third-order valence-corrected chi connectivity index (χ3v) is 2.34. The summed E-state index contributed by atoms with van der Waals surface area (Å²) >= 11 is 5.74. The second kappa shape index (κ2) is 7.12. The molecule has 0 saturated carbocycles. The number of methoxy groups -OCH3 is 1. The Bertz CT molecular complexity index is 322. The maximum absolute atomic E-state index is 10.8. The van der Waals surface area contributed by atoms with Crippen LogP contribution in [0.4, 0.5) is 0 Å². The Morgan fingerprint density at radius 1 is 1.25 bits per heavy atom. The number of rotatable bonds is 6. The van der Waals surface area contributed by atoms with Gasteiger partial charge in [-0.05, 0) is 37.1 Å². The van der Waals surface area contributed by atoms with Crippen molar-refractivity contribution >= 4 is 17.6 Å². The summed E-state index contributed by atoms with van der Waals surface area (Å²) in [6.07, 6.45) is 2.05. The molecule has 0 bridgehead atoms. The highest BCUT2D eigenvalue weighted by Gasteiger charge is 1.99. The molecular weight excluding hydrogens is 228 g/mol. The molecule has 4 heteroatoms. The molecule has 0 aromatic heterocycles. The van der Waals surface area contributed by atoms with E-state index in [1.54, 1.807) is 12.1 Å². The standard InChI is InChI=1S/C12H15ClO3/c1-15-12(14)4-2-3-9-16-11-7-5-10(13)6-8-11/h5-8H,2-4,9H2,1H3.